The first-order chi connectivity index (χ1) is 7.99. The molecule has 0 aliphatic carbocycles. The van der Waals surface area contributed by atoms with E-state index in [0.29, 0.717) is 0 Å². The zero-order valence-corrected chi connectivity index (χ0v) is 10.2. The molecule has 0 amide bonds. The number of sulfonamides is 1. The van der Waals surface area contributed by atoms with Crippen LogP contribution in [0.4, 0.5) is 0 Å². The van der Waals surface area contributed by atoms with E-state index in [1.807, 2.05) is 30.3 Å². The van der Waals surface area contributed by atoms with Crippen LogP contribution in [0.15, 0.2) is 35.3 Å². The van der Waals surface area contributed by atoms with Gasteiger partial charge < -0.3 is 11.5 Å². The van der Waals surface area contributed by atoms with Crippen molar-refractivity contribution in [2.24, 2.45) is 16.5 Å². The Balaban J connectivity index is 2.43. The van der Waals surface area contributed by atoms with Gasteiger partial charge in [-0.2, -0.15) is 0 Å². The predicted molar refractivity (Wildman–Crippen MR) is 67.7 cm³/mol. The largest absolute Gasteiger partial charge is 0.370 e. The predicted octanol–water partition coefficient (Wildman–Crippen LogP) is -0.621. The van der Waals surface area contributed by atoms with Crippen molar-refractivity contribution in [1.82, 2.24) is 4.72 Å². The minimum atomic E-state index is -3.34. The number of nitrogens with one attached hydrogen (secondary N) is 1. The van der Waals surface area contributed by atoms with Gasteiger partial charge in [-0.05, 0) is 5.56 Å². The van der Waals surface area contributed by atoms with Crippen LogP contribution in [0.3, 0.4) is 0 Å². The summed E-state index contributed by atoms with van der Waals surface area (Å²) in [6.45, 7) is 0.331. The SMILES string of the molecule is NC(N)=NCCS(=O)(=O)NCc1ccccc1. The number of hydrogen-bond acceptors (Lipinski definition) is 3. The summed E-state index contributed by atoms with van der Waals surface area (Å²) >= 11 is 0. The van der Waals surface area contributed by atoms with Crippen molar-refractivity contribution in [3.63, 3.8) is 0 Å². The first kappa shape index (κ1) is 13.5. The number of hydrogen-bond donors (Lipinski definition) is 3. The van der Waals surface area contributed by atoms with Gasteiger partial charge in [-0.3, -0.25) is 4.99 Å². The molecule has 0 fully saturated rings. The average Bonchev–Trinajstić information content (AvgIpc) is 2.27. The fourth-order valence-corrected chi connectivity index (χ4v) is 2.02. The van der Waals surface area contributed by atoms with E-state index in [2.05, 4.69) is 9.71 Å². The highest BCUT2D eigenvalue weighted by Crippen LogP contribution is 1.98. The maximum Gasteiger partial charge on any atom is 0.213 e. The van der Waals surface area contributed by atoms with Crippen LogP contribution in [0.2, 0.25) is 0 Å². The van der Waals surface area contributed by atoms with Gasteiger partial charge in [0.2, 0.25) is 10.0 Å². The van der Waals surface area contributed by atoms with Crippen LogP contribution in [0.1, 0.15) is 5.56 Å². The topological polar surface area (TPSA) is 111 Å². The van der Waals surface area contributed by atoms with Gasteiger partial charge in [0.15, 0.2) is 5.96 Å². The van der Waals surface area contributed by atoms with Crippen molar-refractivity contribution >= 4 is 16.0 Å². The van der Waals surface area contributed by atoms with Gasteiger partial charge in [0.1, 0.15) is 0 Å². The molecule has 0 atom stereocenters. The number of nitrogens with two attached hydrogens (primary N) is 2. The van der Waals surface area contributed by atoms with E-state index in [1.165, 1.54) is 0 Å². The molecule has 0 radical (unpaired) electrons. The van der Waals surface area contributed by atoms with Gasteiger partial charge in [0.25, 0.3) is 0 Å². The smallest absolute Gasteiger partial charge is 0.213 e. The molecule has 1 aromatic rings. The summed E-state index contributed by atoms with van der Waals surface area (Å²) in [4.78, 5) is 3.62. The van der Waals surface area contributed by atoms with Crippen molar-refractivity contribution in [2.45, 2.75) is 6.54 Å². The van der Waals surface area contributed by atoms with Crippen LogP contribution in [-0.2, 0) is 16.6 Å². The monoisotopic (exact) mass is 256 g/mol. The summed E-state index contributed by atoms with van der Waals surface area (Å²) < 4.78 is 25.5. The van der Waals surface area contributed by atoms with Gasteiger partial charge in [0, 0.05) is 6.54 Å². The second-order valence-corrected chi connectivity index (χ2v) is 5.36. The zero-order valence-electron chi connectivity index (χ0n) is 9.33. The molecule has 0 saturated heterocycles. The van der Waals surface area contributed by atoms with E-state index in [-0.39, 0.29) is 24.8 Å². The van der Waals surface area contributed by atoms with Gasteiger partial charge in [-0.15, -0.1) is 0 Å². The second-order valence-electron chi connectivity index (χ2n) is 3.43. The fraction of sp³-hybridized carbons (Fsp3) is 0.300. The Bertz CT molecular complexity index is 466. The van der Waals surface area contributed by atoms with E-state index < -0.39 is 10.0 Å². The second kappa shape index (κ2) is 6.21. The summed E-state index contributed by atoms with van der Waals surface area (Å²) in [5.41, 5.74) is 11.1. The molecule has 0 spiro atoms. The molecule has 0 saturated carbocycles. The third-order valence-electron chi connectivity index (χ3n) is 1.99. The maximum absolute atomic E-state index is 11.5. The minimum Gasteiger partial charge on any atom is -0.370 e. The summed E-state index contributed by atoms with van der Waals surface area (Å²) in [6.07, 6.45) is 0. The van der Waals surface area contributed by atoms with Crippen LogP contribution >= 0.6 is 0 Å². The van der Waals surface area contributed by atoms with Crippen molar-refractivity contribution in [3.8, 4) is 0 Å². The molecule has 0 unspecified atom stereocenters. The van der Waals surface area contributed by atoms with Gasteiger partial charge >= 0.3 is 0 Å². The van der Waals surface area contributed by atoms with E-state index in [9.17, 15) is 8.42 Å². The first-order valence-corrected chi connectivity index (χ1v) is 6.71. The van der Waals surface area contributed by atoms with Crippen molar-refractivity contribution in [2.75, 3.05) is 12.3 Å². The lowest BCUT2D eigenvalue weighted by atomic mass is 10.2. The molecule has 0 heterocycles. The summed E-state index contributed by atoms with van der Waals surface area (Å²) in [5, 5.41) is 0. The van der Waals surface area contributed by atoms with Crippen molar-refractivity contribution < 1.29 is 8.42 Å². The third kappa shape index (κ3) is 5.88. The van der Waals surface area contributed by atoms with E-state index in [1.54, 1.807) is 0 Å². The normalized spacial score (nSPS) is 11.1. The Hall–Kier alpha value is -1.60. The Morgan fingerprint density at radius 1 is 1.24 bits per heavy atom. The van der Waals surface area contributed by atoms with Gasteiger partial charge in [0.05, 0.1) is 12.3 Å². The highest BCUT2D eigenvalue weighted by molar-refractivity contribution is 7.89. The molecular formula is C10H16N4O2S. The van der Waals surface area contributed by atoms with E-state index in [0.717, 1.165) is 5.56 Å². The summed E-state index contributed by atoms with van der Waals surface area (Å²) in [5.74, 6) is -0.235. The molecule has 0 aliphatic rings. The van der Waals surface area contributed by atoms with Gasteiger partial charge in [-0.25, -0.2) is 13.1 Å². The molecule has 0 aliphatic heterocycles. The van der Waals surface area contributed by atoms with Gasteiger partial charge in [-0.1, -0.05) is 30.3 Å². The molecule has 7 heteroatoms. The van der Waals surface area contributed by atoms with Crippen LogP contribution in [0, 0.1) is 0 Å². The summed E-state index contributed by atoms with van der Waals surface area (Å²) in [7, 11) is -3.34. The number of aliphatic imine (C=N–C) groups is 1. The third-order valence-corrected chi connectivity index (χ3v) is 3.30. The fourth-order valence-electron chi connectivity index (χ4n) is 1.16. The number of nitrogens with zero attached hydrogens (tertiary/aromatic N) is 1. The molecular weight excluding hydrogens is 240 g/mol. The van der Waals surface area contributed by atoms with Crippen molar-refractivity contribution in [3.05, 3.63) is 35.9 Å². The molecule has 6 nitrogen and oxygen atoms in total. The molecule has 0 bridgehead atoms. The molecule has 5 N–H and O–H groups in total. The lowest BCUT2D eigenvalue weighted by Crippen LogP contribution is -2.29. The standard InChI is InChI=1S/C10H16N4O2S/c11-10(12)13-6-7-17(15,16)14-8-9-4-2-1-3-5-9/h1-5,14H,6-8H2,(H4,11,12,13). The number of guanidine groups is 1. The van der Waals surface area contributed by atoms with Crippen LogP contribution in [-0.4, -0.2) is 26.7 Å². The Morgan fingerprint density at radius 2 is 1.88 bits per heavy atom. The maximum atomic E-state index is 11.5. The Labute approximate surface area is 101 Å². The molecule has 94 valence electrons. The van der Waals surface area contributed by atoms with Crippen molar-refractivity contribution in [1.29, 1.82) is 0 Å². The molecule has 1 rings (SSSR count). The number of rotatable bonds is 6. The highest BCUT2D eigenvalue weighted by Gasteiger charge is 2.08. The number of benzene rings is 1. The van der Waals surface area contributed by atoms with Crippen LogP contribution < -0.4 is 16.2 Å². The molecule has 0 aromatic heterocycles. The van der Waals surface area contributed by atoms with E-state index in [4.69, 9.17) is 11.5 Å². The summed E-state index contributed by atoms with van der Waals surface area (Å²) in [6, 6.07) is 9.26. The quantitative estimate of drug-likeness (QED) is 0.465. The van der Waals surface area contributed by atoms with Crippen LogP contribution in [0.5, 0.6) is 0 Å². The average molecular weight is 256 g/mol. The highest BCUT2D eigenvalue weighted by atomic mass is 32.2. The van der Waals surface area contributed by atoms with E-state index >= 15 is 0 Å². The minimum absolute atomic E-state index is 0.0620. The Kier molecular flexibility index (Phi) is 4.92. The first-order valence-electron chi connectivity index (χ1n) is 5.06. The lowest BCUT2D eigenvalue weighted by molar-refractivity contribution is 0.581. The lowest BCUT2D eigenvalue weighted by Gasteiger charge is -2.05. The van der Waals surface area contributed by atoms with Crippen LogP contribution in [0.25, 0.3) is 0 Å². The Morgan fingerprint density at radius 3 is 2.47 bits per heavy atom. The zero-order chi connectivity index (χ0) is 12.7. The molecule has 1 aromatic carbocycles. The molecule has 17 heavy (non-hydrogen) atoms.